The smallest absolute Gasteiger partial charge is 0.385 e. The maximum absolute atomic E-state index is 13.8. The first-order chi connectivity index (χ1) is 13.9. The van der Waals surface area contributed by atoms with E-state index in [2.05, 4.69) is 29.4 Å². The van der Waals surface area contributed by atoms with Gasteiger partial charge in [-0.3, -0.25) is 5.43 Å². The Bertz CT molecular complexity index is 960. The molecule has 0 unspecified atom stereocenters. The largest absolute Gasteiger partial charge is 0.401 e. The predicted molar refractivity (Wildman–Crippen MR) is 111 cm³/mol. The number of cyclic esters (lactones) is 1. The Hall–Kier alpha value is -2.77. The number of carbonyl (C=O) groups excluding carboxylic acids is 1. The summed E-state index contributed by atoms with van der Waals surface area (Å²) >= 11 is 6.21. The molecule has 1 aliphatic heterocycles. The summed E-state index contributed by atoms with van der Waals surface area (Å²) in [6.45, 7) is 5.28. The summed E-state index contributed by atoms with van der Waals surface area (Å²) in [6.07, 6.45) is 0.966. The molecule has 8 heteroatoms. The van der Waals surface area contributed by atoms with Crippen LogP contribution in [0.1, 0.15) is 31.4 Å². The number of ether oxygens (including phenoxy) is 2. The average molecular weight is 418 g/mol. The molecule has 152 valence electrons. The van der Waals surface area contributed by atoms with Crippen LogP contribution in [0.5, 0.6) is 0 Å². The molecule has 0 aromatic heterocycles. The van der Waals surface area contributed by atoms with Crippen molar-refractivity contribution in [1.82, 2.24) is 0 Å². The molecule has 0 saturated heterocycles. The predicted octanol–water partition coefficient (Wildman–Crippen LogP) is 4.77. The Balaban J connectivity index is 1.68. The lowest BCUT2D eigenvalue weighted by atomic mass is 10.1. The summed E-state index contributed by atoms with van der Waals surface area (Å²) in [5.41, 5.74) is 4.25. The molecule has 0 spiro atoms. The molecule has 2 aromatic carbocycles. The number of rotatable bonds is 8. The van der Waals surface area contributed by atoms with Gasteiger partial charge in [0, 0.05) is 11.6 Å². The maximum atomic E-state index is 13.8. The van der Waals surface area contributed by atoms with Gasteiger partial charge in [-0.05, 0) is 48.2 Å². The zero-order valence-corrected chi connectivity index (χ0v) is 16.9. The van der Waals surface area contributed by atoms with Gasteiger partial charge in [0.15, 0.2) is 0 Å². The number of nitrogens with zero attached hydrogens (tertiary/aromatic N) is 2. The molecule has 0 amide bonds. The van der Waals surface area contributed by atoms with Crippen molar-refractivity contribution in [2.75, 3.05) is 12.0 Å². The molecule has 0 aliphatic carbocycles. The molecule has 0 bridgehead atoms. The maximum Gasteiger partial charge on any atom is 0.385 e. The highest BCUT2D eigenvalue weighted by atomic mass is 35.5. The average Bonchev–Trinajstić information content (AvgIpc) is 3.06. The topological polar surface area (TPSA) is 72.3 Å². The number of hydrogen-bond donors (Lipinski definition) is 1. The summed E-state index contributed by atoms with van der Waals surface area (Å²) in [4.78, 5) is 15.9. The third kappa shape index (κ3) is 5.62. The van der Waals surface area contributed by atoms with Gasteiger partial charge in [-0.15, -0.1) is 5.10 Å². The molecule has 0 saturated carbocycles. The quantitative estimate of drug-likeness (QED) is 0.381. The van der Waals surface area contributed by atoms with E-state index in [0.29, 0.717) is 29.8 Å². The van der Waals surface area contributed by atoms with Crippen molar-refractivity contribution in [3.05, 3.63) is 64.4 Å². The van der Waals surface area contributed by atoms with Crippen LogP contribution in [0, 0.1) is 11.7 Å². The first-order valence-electron chi connectivity index (χ1n) is 9.19. The van der Waals surface area contributed by atoms with E-state index in [1.165, 1.54) is 18.2 Å². The Labute approximate surface area is 173 Å². The fourth-order valence-corrected chi connectivity index (χ4v) is 2.66. The molecule has 6 nitrogen and oxygen atoms in total. The van der Waals surface area contributed by atoms with Crippen molar-refractivity contribution in [1.29, 1.82) is 0 Å². The van der Waals surface area contributed by atoms with Gasteiger partial charge >= 0.3 is 5.97 Å². The third-order valence-corrected chi connectivity index (χ3v) is 4.49. The molecule has 0 atom stereocenters. The molecule has 29 heavy (non-hydrogen) atoms. The summed E-state index contributed by atoms with van der Waals surface area (Å²) in [6, 6.07) is 11.1. The summed E-state index contributed by atoms with van der Waals surface area (Å²) in [5.74, 6) is -1.05. The van der Waals surface area contributed by atoms with E-state index < -0.39 is 11.8 Å². The third-order valence-electron chi connectivity index (χ3n) is 4.12. The SMILES string of the molecule is CC(C)CCOCc1cc(NN=C2N=C(c3ccccc3F)OC2=O)ccc1Cl. The van der Waals surface area contributed by atoms with Crippen molar-refractivity contribution in [2.45, 2.75) is 26.9 Å². The Morgan fingerprint density at radius 3 is 2.83 bits per heavy atom. The molecular formula is C21H21ClFN3O3. The minimum Gasteiger partial charge on any atom is -0.401 e. The first-order valence-corrected chi connectivity index (χ1v) is 9.57. The Morgan fingerprint density at radius 1 is 1.28 bits per heavy atom. The normalized spacial score (nSPS) is 15.0. The van der Waals surface area contributed by atoms with Gasteiger partial charge < -0.3 is 9.47 Å². The van der Waals surface area contributed by atoms with Crippen molar-refractivity contribution in [3.8, 4) is 0 Å². The van der Waals surface area contributed by atoms with Crippen molar-refractivity contribution in [2.24, 2.45) is 16.0 Å². The number of esters is 1. The summed E-state index contributed by atoms with van der Waals surface area (Å²) in [5, 5.41) is 4.55. The second kappa shape index (κ2) is 9.62. The molecule has 2 aromatic rings. The van der Waals surface area contributed by atoms with Gasteiger partial charge in [0.05, 0.1) is 17.9 Å². The second-order valence-electron chi connectivity index (χ2n) is 6.87. The van der Waals surface area contributed by atoms with Crippen LogP contribution in [-0.4, -0.2) is 24.3 Å². The number of hydrogen-bond acceptors (Lipinski definition) is 5. The number of nitrogens with one attached hydrogen (secondary N) is 1. The van der Waals surface area contributed by atoms with E-state index in [4.69, 9.17) is 21.1 Å². The molecule has 0 radical (unpaired) electrons. The van der Waals surface area contributed by atoms with E-state index in [9.17, 15) is 9.18 Å². The zero-order chi connectivity index (χ0) is 20.8. The summed E-state index contributed by atoms with van der Waals surface area (Å²) < 4.78 is 24.5. The van der Waals surface area contributed by atoms with E-state index in [-0.39, 0.29) is 17.3 Å². The van der Waals surface area contributed by atoms with E-state index in [0.717, 1.165) is 12.0 Å². The number of benzene rings is 2. The van der Waals surface area contributed by atoms with Gasteiger partial charge in [-0.25, -0.2) is 9.18 Å². The number of halogens is 2. The molecule has 0 fully saturated rings. The van der Waals surface area contributed by atoms with Crippen LogP contribution in [0.2, 0.25) is 5.02 Å². The minimum atomic E-state index is -0.762. The van der Waals surface area contributed by atoms with Gasteiger partial charge in [0.25, 0.3) is 5.84 Å². The van der Waals surface area contributed by atoms with Gasteiger partial charge in [-0.1, -0.05) is 37.6 Å². The van der Waals surface area contributed by atoms with Crippen molar-refractivity contribution in [3.63, 3.8) is 0 Å². The van der Waals surface area contributed by atoms with Gasteiger partial charge in [0.2, 0.25) is 5.90 Å². The first kappa shape index (κ1) is 21.0. The lowest BCUT2D eigenvalue weighted by Gasteiger charge is -2.09. The fraction of sp³-hybridized carbons (Fsp3) is 0.286. The van der Waals surface area contributed by atoms with Crippen molar-refractivity contribution < 1.29 is 18.7 Å². The monoisotopic (exact) mass is 417 g/mol. The van der Waals surface area contributed by atoms with Crippen LogP contribution in [0.15, 0.2) is 52.6 Å². The summed E-state index contributed by atoms with van der Waals surface area (Å²) in [7, 11) is 0. The van der Waals surface area contributed by atoms with Crippen LogP contribution >= 0.6 is 11.6 Å². The van der Waals surface area contributed by atoms with E-state index in [1.54, 1.807) is 24.3 Å². The number of amidine groups is 1. The molecule has 1 aliphatic rings. The van der Waals surface area contributed by atoms with Crippen LogP contribution in [0.3, 0.4) is 0 Å². The molecule has 1 heterocycles. The molecular weight excluding hydrogens is 397 g/mol. The number of carbonyl (C=O) groups is 1. The standard InChI is InChI=1S/C21H21ClFN3O3/c1-13(2)9-10-28-12-14-11-15(7-8-17(14)22)25-26-19-21(27)29-20(24-19)16-5-3-4-6-18(16)23/h3-8,11,13,25H,9-10,12H2,1-2H3. The number of aliphatic imine (C=N–C) groups is 1. The fourth-order valence-electron chi connectivity index (χ4n) is 2.49. The van der Waals surface area contributed by atoms with E-state index in [1.807, 2.05) is 0 Å². The van der Waals surface area contributed by atoms with Crippen LogP contribution in [0.25, 0.3) is 0 Å². The second-order valence-corrected chi connectivity index (χ2v) is 7.28. The van der Waals surface area contributed by atoms with Crippen LogP contribution in [0.4, 0.5) is 10.1 Å². The van der Waals surface area contributed by atoms with E-state index >= 15 is 0 Å². The minimum absolute atomic E-state index is 0.0957. The zero-order valence-electron chi connectivity index (χ0n) is 16.1. The van der Waals surface area contributed by atoms with Gasteiger partial charge in [0.1, 0.15) is 5.82 Å². The molecule has 3 rings (SSSR count). The Morgan fingerprint density at radius 2 is 2.07 bits per heavy atom. The number of hydrazone groups is 1. The highest BCUT2D eigenvalue weighted by molar-refractivity contribution is 6.43. The highest BCUT2D eigenvalue weighted by Gasteiger charge is 2.27. The van der Waals surface area contributed by atoms with Crippen LogP contribution < -0.4 is 5.43 Å². The Kier molecular flexibility index (Phi) is 6.95. The molecule has 1 N–H and O–H groups in total. The van der Waals surface area contributed by atoms with Crippen molar-refractivity contribution >= 4 is 35.0 Å². The lowest BCUT2D eigenvalue weighted by Crippen LogP contribution is -2.11. The lowest BCUT2D eigenvalue weighted by molar-refractivity contribution is -0.127. The highest BCUT2D eigenvalue weighted by Crippen LogP contribution is 2.22. The number of anilines is 1. The van der Waals surface area contributed by atoms with Gasteiger partial charge in [-0.2, -0.15) is 4.99 Å². The van der Waals surface area contributed by atoms with Crippen LogP contribution in [-0.2, 0) is 20.9 Å².